The third kappa shape index (κ3) is 3.26. The number of aryl methyl sites for hydroxylation is 1. The highest BCUT2D eigenvalue weighted by molar-refractivity contribution is 7.99. The van der Waals surface area contributed by atoms with Crippen LogP contribution >= 0.6 is 11.8 Å². The Hall–Kier alpha value is -0.670. The molecule has 2 aliphatic rings. The van der Waals surface area contributed by atoms with Crippen LogP contribution in [0.15, 0.2) is 18.2 Å². The monoisotopic (exact) mass is 277 g/mol. The molecule has 0 spiro atoms. The molecule has 0 bridgehead atoms. The summed E-state index contributed by atoms with van der Waals surface area (Å²) in [5, 5.41) is 3.88. The van der Waals surface area contributed by atoms with Gasteiger partial charge in [-0.05, 0) is 61.1 Å². The number of fused-ring (bicyclic) bond motifs is 1. The van der Waals surface area contributed by atoms with E-state index in [2.05, 4.69) is 35.3 Å². The van der Waals surface area contributed by atoms with Gasteiger partial charge in [-0.15, -0.1) is 0 Å². The molecule has 2 atom stereocenters. The smallest absolute Gasteiger partial charge is 0.119 e. The maximum atomic E-state index is 5.31. The van der Waals surface area contributed by atoms with Crippen molar-refractivity contribution in [1.29, 1.82) is 0 Å². The number of nitrogens with one attached hydrogen (secondary N) is 1. The lowest BCUT2D eigenvalue weighted by Crippen LogP contribution is -2.43. The molecule has 1 aromatic rings. The third-order valence-corrected chi connectivity index (χ3v) is 5.49. The number of thioether (sulfide) groups is 1. The van der Waals surface area contributed by atoms with Gasteiger partial charge < -0.3 is 10.1 Å². The molecule has 0 radical (unpaired) electrons. The van der Waals surface area contributed by atoms with Gasteiger partial charge in [0, 0.05) is 17.8 Å². The normalized spacial score (nSPS) is 26.8. The summed E-state index contributed by atoms with van der Waals surface area (Å²) in [6, 6.07) is 7.96. The van der Waals surface area contributed by atoms with Crippen LogP contribution in [-0.2, 0) is 12.8 Å². The molecule has 0 amide bonds. The van der Waals surface area contributed by atoms with E-state index in [0.29, 0.717) is 6.04 Å². The Morgan fingerprint density at radius 2 is 2.16 bits per heavy atom. The third-order valence-electron chi connectivity index (χ3n) is 4.27. The minimum atomic E-state index is 0.671. The zero-order valence-corrected chi connectivity index (χ0v) is 12.5. The Morgan fingerprint density at radius 3 is 2.95 bits per heavy atom. The summed E-state index contributed by atoms with van der Waals surface area (Å²) in [5.41, 5.74) is 2.99. The lowest BCUT2D eigenvalue weighted by molar-refractivity contribution is 0.389. The number of hydrogen-bond donors (Lipinski definition) is 1. The van der Waals surface area contributed by atoms with Crippen molar-refractivity contribution in [3.63, 3.8) is 0 Å². The second-order valence-electron chi connectivity index (χ2n) is 5.66. The Kier molecular flexibility index (Phi) is 4.34. The summed E-state index contributed by atoms with van der Waals surface area (Å²) >= 11 is 2.10. The van der Waals surface area contributed by atoms with Crippen molar-refractivity contribution in [2.75, 3.05) is 18.6 Å². The number of methoxy groups -OCH3 is 1. The first-order valence-corrected chi connectivity index (χ1v) is 8.50. The highest BCUT2D eigenvalue weighted by Gasteiger charge is 2.22. The minimum Gasteiger partial charge on any atom is -0.497 e. The van der Waals surface area contributed by atoms with E-state index in [0.717, 1.165) is 11.8 Å². The first-order valence-electron chi connectivity index (χ1n) is 7.35. The van der Waals surface area contributed by atoms with Crippen LogP contribution < -0.4 is 10.1 Å². The van der Waals surface area contributed by atoms with Crippen molar-refractivity contribution in [2.24, 2.45) is 0 Å². The van der Waals surface area contributed by atoms with Crippen LogP contribution in [0.3, 0.4) is 0 Å². The summed E-state index contributed by atoms with van der Waals surface area (Å²) in [6.07, 6.45) is 6.37. The van der Waals surface area contributed by atoms with Gasteiger partial charge in [0.2, 0.25) is 0 Å². The quantitative estimate of drug-likeness (QED) is 0.917. The number of hydrogen-bond acceptors (Lipinski definition) is 3. The molecule has 1 aliphatic carbocycles. The molecular formula is C16H23NOS. The summed E-state index contributed by atoms with van der Waals surface area (Å²) in [5.74, 6) is 3.64. The van der Waals surface area contributed by atoms with Crippen LogP contribution in [-0.4, -0.2) is 30.7 Å². The Morgan fingerprint density at radius 1 is 1.21 bits per heavy atom. The van der Waals surface area contributed by atoms with E-state index in [-0.39, 0.29) is 0 Å². The van der Waals surface area contributed by atoms with Gasteiger partial charge >= 0.3 is 0 Å². The fourth-order valence-corrected chi connectivity index (χ4v) is 4.29. The highest BCUT2D eigenvalue weighted by Crippen LogP contribution is 2.26. The molecule has 3 rings (SSSR count). The van der Waals surface area contributed by atoms with Gasteiger partial charge in [-0.1, -0.05) is 6.07 Å². The maximum absolute atomic E-state index is 5.31. The fourth-order valence-electron chi connectivity index (χ4n) is 3.21. The zero-order valence-electron chi connectivity index (χ0n) is 11.7. The molecule has 0 saturated carbocycles. The lowest BCUT2D eigenvalue weighted by atomic mass is 9.87. The summed E-state index contributed by atoms with van der Waals surface area (Å²) in [6.45, 7) is 0. The largest absolute Gasteiger partial charge is 0.497 e. The van der Waals surface area contributed by atoms with Crippen LogP contribution in [0.4, 0.5) is 0 Å². The Bertz CT molecular complexity index is 429. The number of rotatable bonds is 3. The van der Waals surface area contributed by atoms with E-state index in [1.165, 1.54) is 54.7 Å². The SMILES string of the molecule is COc1ccc2c(c1)CCC(NC1CCCSC1)C2. The minimum absolute atomic E-state index is 0.671. The van der Waals surface area contributed by atoms with Crippen LogP contribution in [0.5, 0.6) is 5.75 Å². The van der Waals surface area contributed by atoms with Gasteiger partial charge in [0.1, 0.15) is 5.75 Å². The molecule has 1 heterocycles. The molecule has 1 saturated heterocycles. The van der Waals surface area contributed by atoms with E-state index in [1.54, 1.807) is 7.11 Å². The lowest BCUT2D eigenvalue weighted by Gasteiger charge is -2.31. The molecular weight excluding hydrogens is 254 g/mol. The molecule has 3 heteroatoms. The van der Waals surface area contributed by atoms with E-state index in [1.807, 2.05) is 0 Å². The van der Waals surface area contributed by atoms with E-state index < -0.39 is 0 Å². The molecule has 2 nitrogen and oxygen atoms in total. The first kappa shape index (κ1) is 13.3. The summed E-state index contributed by atoms with van der Waals surface area (Å²) in [7, 11) is 1.75. The van der Waals surface area contributed by atoms with Crippen molar-refractivity contribution in [1.82, 2.24) is 5.32 Å². The number of benzene rings is 1. The predicted molar refractivity (Wildman–Crippen MR) is 82.3 cm³/mol. The molecule has 19 heavy (non-hydrogen) atoms. The second-order valence-corrected chi connectivity index (χ2v) is 6.80. The molecule has 1 aliphatic heterocycles. The summed E-state index contributed by atoms with van der Waals surface area (Å²) in [4.78, 5) is 0. The molecule has 2 unspecified atom stereocenters. The second kappa shape index (κ2) is 6.19. The molecule has 104 valence electrons. The van der Waals surface area contributed by atoms with Crippen LogP contribution in [0.1, 0.15) is 30.4 Å². The molecule has 1 aromatic carbocycles. The van der Waals surface area contributed by atoms with E-state index in [4.69, 9.17) is 4.74 Å². The van der Waals surface area contributed by atoms with Gasteiger partial charge in [0.25, 0.3) is 0 Å². The number of ether oxygens (including phenoxy) is 1. The van der Waals surface area contributed by atoms with Gasteiger partial charge in [-0.2, -0.15) is 11.8 Å². The maximum Gasteiger partial charge on any atom is 0.119 e. The van der Waals surface area contributed by atoms with E-state index in [9.17, 15) is 0 Å². The standard InChI is InChI=1S/C16H23NOS/c1-18-16-7-5-12-9-14(6-4-13(12)10-16)17-15-3-2-8-19-11-15/h5,7,10,14-15,17H,2-4,6,8-9,11H2,1H3. The van der Waals surface area contributed by atoms with Gasteiger partial charge in [0.05, 0.1) is 7.11 Å². The average molecular weight is 277 g/mol. The van der Waals surface area contributed by atoms with Crippen LogP contribution in [0.25, 0.3) is 0 Å². The molecule has 0 aromatic heterocycles. The predicted octanol–water partition coefficient (Wildman–Crippen LogP) is 3.04. The van der Waals surface area contributed by atoms with Gasteiger partial charge in [0.15, 0.2) is 0 Å². The Labute approximate surface area is 120 Å². The fraction of sp³-hybridized carbons (Fsp3) is 0.625. The average Bonchev–Trinajstić information content (AvgIpc) is 2.48. The molecule has 1 N–H and O–H groups in total. The van der Waals surface area contributed by atoms with Crippen LogP contribution in [0, 0.1) is 0 Å². The highest BCUT2D eigenvalue weighted by atomic mass is 32.2. The van der Waals surface area contributed by atoms with Crippen LogP contribution in [0.2, 0.25) is 0 Å². The van der Waals surface area contributed by atoms with Crippen molar-refractivity contribution in [3.05, 3.63) is 29.3 Å². The van der Waals surface area contributed by atoms with Crippen molar-refractivity contribution >= 4 is 11.8 Å². The summed E-state index contributed by atoms with van der Waals surface area (Å²) < 4.78 is 5.31. The first-order chi connectivity index (χ1) is 9.35. The van der Waals surface area contributed by atoms with E-state index >= 15 is 0 Å². The van der Waals surface area contributed by atoms with Crippen molar-refractivity contribution in [2.45, 2.75) is 44.2 Å². The topological polar surface area (TPSA) is 21.3 Å². The van der Waals surface area contributed by atoms with Gasteiger partial charge in [-0.3, -0.25) is 0 Å². The van der Waals surface area contributed by atoms with Gasteiger partial charge in [-0.25, -0.2) is 0 Å². The van der Waals surface area contributed by atoms with Crippen molar-refractivity contribution < 1.29 is 4.74 Å². The molecule has 1 fully saturated rings. The Balaban J connectivity index is 1.61. The zero-order chi connectivity index (χ0) is 13.1. The van der Waals surface area contributed by atoms with Crippen molar-refractivity contribution in [3.8, 4) is 5.75 Å².